The molecule has 31 heavy (non-hydrogen) atoms. The molecule has 154 valence electrons. The summed E-state index contributed by atoms with van der Waals surface area (Å²) in [5.41, 5.74) is 2.61. The van der Waals surface area contributed by atoms with Gasteiger partial charge in [-0.1, -0.05) is 53.9 Å². The molecule has 1 aliphatic rings. The number of fused-ring (bicyclic) bond motifs is 2. The lowest BCUT2D eigenvalue weighted by Gasteiger charge is -2.30. The zero-order valence-electron chi connectivity index (χ0n) is 16.8. The Morgan fingerprint density at radius 2 is 1.61 bits per heavy atom. The zero-order valence-corrected chi connectivity index (χ0v) is 18.4. The van der Waals surface area contributed by atoms with Crippen LogP contribution in [-0.2, 0) is 11.3 Å². The number of thioether (sulfide) groups is 1. The maximum absolute atomic E-state index is 13.4. The number of benzene rings is 2. The van der Waals surface area contributed by atoms with Crippen LogP contribution < -0.4 is 4.90 Å². The fourth-order valence-electron chi connectivity index (χ4n) is 3.53. The SMILES string of the molecule is CCn1c(SCC(=O)N2c3ccccc3Sc3ccccc32)nnc1-c1ccccn1. The third-order valence-electron chi connectivity index (χ3n) is 4.93. The van der Waals surface area contributed by atoms with Gasteiger partial charge in [0.15, 0.2) is 11.0 Å². The molecule has 1 aliphatic heterocycles. The van der Waals surface area contributed by atoms with E-state index in [9.17, 15) is 4.79 Å². The Morgan fingerprint density at radius 3 is 2.26 bits per heavy atom. The van der Waals surface area contributed by atoms with E-state index in [-0.39, 0.29) is 11.7 Å². The van der Waals surface area contributed by atoms with Crippen LogP contribution in [0.1, 0.15) is 6.92 Å². The summed E-state index contributed by atoms with van der Waals surface area (Å²) < 4.78 is 1.99. The predicted molar refractivity (Wildman–Crippen MR) is 124 cm³/mol. The topological polar surface area (TPSA) is 63.9 Å². The molecule has 4 aromatic rings. The van der Waals surface area contributed by atoms with Gasteiger partial charge in [0.05, 0.1) is 17.1 Å². The van der Waals surface area contributed by atoms with Crippen molar-refractivity contribution in [1.29, 1.82) is 0 Å². The van der Waals surface area contributed by atoms with Crippen molar-refractivity contribution in [3.8, 4) is 11.5 Å². The second-order valence-electron chi connectivity index (χ2n) is 6.82. The standard InChI is InChI=1S/C23H19N5OS2/c1-2-27-22(16-9-7-8-14-24-16)25-26-23(27)30-15-21(29)28-17-10-3-5-12-19(17)31-20-13-6-4-11-18(20)28/h3-14H,2,15H2,1H3. The number of para-hydroxylation sites is 2. The minimum absolute atomic E-state index is 0.00948. The van der Waals surface area contributed by atoms with Crippen molar-refractivity contribution in [2.45, 2.75) is 28.4 Å². The van der Waals surface area contributed by atoms with Crippen LogP contribution in [0.2, 0.25) is 0 Å². The van der Waals surface area contributed by atoms with Crippen molar-refractivity contribution in [2.24, 2.45) is 0 Å². The highest BCUT2D eigenvalue weighted by Crippen LogP contribution is 2.48. The van der Waals surface area contributed by atoms with Crippen LogP contribution >= 0.6 is 23.5 Å². The lowest BCUT2D eigenvalue weighted by atomic mass is 10.2. The van der Waals surface area contributed by atoms with E-state index in [1.165, 1.54) is 11.8 Å². The number of anilines is 2. The van der Waals surface area contributed by atoms with Gasteiger partial charge in [-0.25, -0.2) is 0 Å². The highest BCUT2D eigenvalue weighted by Gasteiger charge is 2.28. The van der Waals surface area contributed by atoms with Crippen LogP contribution in [-0.4, -0.2) is 31.4 Å². The van der Waals surface area contributed by atoms with Gasteiger partial charge < -0.3 is 4.57 Å². The number of amides is 1. The van der Waals surface area contributed by atoms with E-state index in [1.54, 1.807) is 18.0 Å². The number of carbonyl (C=O) groups is 1. The van der Waals surface area contributed by atoms with Gasteiger partial charge in [0.2, 0.25) is 5.91 Å². The first-order chi connectivity index (χ1) is 15.3. The van der Waals surface area contributed by atoms with Gasteiger partial charge in [-0.2, -0.15) is 0 Å². The monoisotopic (exact) mass is 445 g/mol. The van der Waals surface area contributed by atoms with Crippen molar-refractivity contribution in [2.75, 3.05) is 10.7 Å². The predicted octanol–water partition coefficient (Wildman–Crippen LogP) is 5.28. The summed E-state index contributed by atoms with van der Waals surface area (Å²) in [6.07, 6.45) is 1.74. The molecule has 3 heterocycles. The molecule has 0 unspecified atom stereocenters. The second-order valence-corrected chi connectivity index (χ2v) is 8.85. The fourth-order valence-corrected chi connectivity index (χ4v) is 5.44. The van der Waals surface area contributed by atoms with E-state index in [4.69, 9.17) is 0 Å². The van der Waals surface area contributed by atoms with Crippen LogP contribution in [0.25, 0.3) is 11.5 Å². The molecule has 5 rings (SSSR count). The van der Waals surface area contributed by atoms with Crippen molar-refractivity contribution < 1.29 is 4.79 Å². The molecule has 0 saturated heterocycles. The molecule has 0 radical (unpaired) electrons. The largest absolute Gasteiger partial charge is 0.301 e. The van der Waals surface area contributed by atoms with Gasteiger partial charge in [-0.3, -0.25) is 14.7 Å². The Morgan fingerprint density at radius 1 is 0.935 bits per heavy atom. The molecule has 0 aliphatic carbocycles. The Labute approximate surface area is 188 Å². The molecule has 8 heteroatoms. The molecule has 0 bridgehead atoms. The van der Waals surface area contributed by atoms with E-state index in [1.807, 2.05) is 71.0 Å². The molecule has 0 fully saturated rings. The smallest absolute Gasteiger partial charge is 0.242 e. The van der Waals surface area contributed by atoms with E-state index in [2.05, 4.69) is 27.3 Å². The summed E-state index contributed by atoms with van der Waals surface area (Å²) in [6.45, 7) is 2.73. The highest BCUT2D eigenvalue weighted by molar-refractivity contribution is 8.00. The molecular formula is C23H19N5OS2. The van der Waals surface area contributed by atoms with Crippen molar-refractivity contribution >= 4 is 40.8 Å². The van der Waals surface area contributed by atoms with Gasteiger partial charge in [0.1, 0.15) is 5.69 Å². The van der Waals surface area contributed by atoms with Gasteiger partial charge in [0.25, 0.3) is 0 Å². The Bertz CT molecular complexity index is 1200. The molecule has 2 aromatic carbocycles. The number of nitrogens with zero attached hydrogens (tertiary/aromatic N) is 5. The van der Waals surface area contributed by atoms with Crippen LogP contribution in [0.3, 0.4) is 0 Å². The third kappa shape index (κ3) is 3.73. The Hall–Kier alpha value is -3.10. The lowest BCUT2D eigenvalue weighted by Crippen LogP contribution is -2.30. The second kappa shape index (κ2) is 8.56. The molecule has 0 atom stereocenters. The Kier molecular flexibility index (Phi) is 5.48. The summed E-state index contributed by atoms with van der Waals surface area (Å²) in [7, 11) is 0. The molecule has 2 aromatic heterocycles. The van der Waals surface area contributed by atoms with Gasteiger partial charge in [-0.05, 0) is 43.3 Å². The first kappa shape index (κ1) is 19.8. The van der Waals surface area contributed by atoms with E-state index < -0.39 is 0 Å². The summed E-state index contributed by atoms with van der Waals surface area (Å²) in [5, 5.41) is 9.36. The van der Waals surface area contributed by atoms with E-state index in [0.29, 0.717) is 17.5 Å². The molecule has 1 amide bonds. The quantitative estimate of drug-likeness (QED) is 0.389. The zero-order chi connectivity index (χ0) is 21.2. The van der Waals surface area contributed by atoms with Crippen LogP contribution in [0, 0.1) is 0 Å². The van der Waals surface area contributed by atoms with Gasteiger partial charge >= 0.3 is 0 Å². The van der Waals surface area contributed by atoms with Gasteiger partial charge in [-0.15, -0.1) is 10.2 Å². The molecule has 0 spiro atoms. The average molecular weight is 446 g/mol. The average Bonchev–Trinajstić information content (AvgIpc) is 3.24. The van der Waals surface area contributed by atoms with Crippen molar-refractivity contribution in [1.82, 2.24) is 19.7 Å². The number of carbonyl (C=O) groups excluding carboxylic acids is 1. The number of rotatable bonds is 5. The molecule has 0 N–H and O–H groups in total. The third-order valence-corrected chi connectivity index (χ3v) is 7.02. The van der Waals surface area contributed by atoms with Crippen LogP contribution in [0.15, 0.2) is 87.9 Å². The van der Waals surface area contributed by atoms with Crippen LogP contribution in [0.4, 0.5) is 11.4 Å². The summed E-state index contributed by atoms with van der Waals surface area (Å²) >= 11 is 3.09. The van der Waals surface area contributed by atoms with Crippen LogP contribution in [0.5, 0.6) is 0 Å². The fraction of sp³-hybridized carbons (Fsp3) is 0.130. The normalized spacial score (nSPS) is 12.4. The van der Waals surface area contributed by atoms with E-state index in [0.717, 1.165) is 26.9 Å². The number of pyridine rings is 1. The highest BCUT2D eigenvalue weighted by atomic mass is 32.2. The number of aromatic nitrogens is 4. The van der Waals surface area contributed by atoms with Crippen molar-refractivity contribution in [3.05, 3.63) is 72.9 Å². The number of hydrogen-bond acceptors (Lipinski definition) is 6. The summed E-state index contributed by atoms with van der Waals surface area (Å²) in [4.78, 5) is 21.8. The lowest BCUT2D eigenvalue weighted by molar-refractivity contribution is -0.115. The van der Waals surface area contributed by atoms with Crippen molar-refractivity contribution in [3.63, 3.8) is 0 Å². The Balaban J connectivity index is 1.42. The molecule has 6 nitrogen and oxygen atoms in total. The first-order valence-electron chi connectivity index (χ1n) is 9.92. The molecule has 0 saturated carbocycles. The minimum atomic E-state index is 0.00948. The maximum Gasteiger partial charge on any atom is 0.242 e. The van der Waals surface area contributed by atoms with Gasteiger partial charge in [0, 0.05) is 22.5 Å². The maximum atomic E-state index is 13.4. The van der Waals surface area contributed by atoms with E-state index >= 15 is 0 Å². The number of hydrogen-bond donors (Lipinski definition) is 0. The minimum Gasteiger partial charge on any atom is -0.301 e. The summed E-state index contributed by atoms with van der Waals surface area (Å²) in [6, 6.07) is 21.7. The first-order valence-corrected chi connectivity index (χ1v) is 11.7. The molecular weight excluding hydrogens is 426 g/mol. The summed E-state index contributed by atoms with van der Waals surface area (Å²) in [5.74, 6) is 0.978.